The van der Waals surface area contributed by atoms with Crippen molar-refractivity contribution in [1.29, 1.82) is 0 Å². The highest BCUT2D eigenvalue weighted by atomic mass is 35.5. The molecule has 3 aromatic rings. The minimum atomic E-state index is -0.797. The summed E-state index contributed by atoms with van der Waals surface area (Å²) in [6.45, 7) is 5.93. The van der Waals surface area contributed by atoms with Crippen LogP contribution in [0.5, 0.6) is 0 Å². The summed E-state index contributed by atoms with van der Waals surface area (Å²) in [5.41, 5.74) is 2.36. The lowest BCUT2D eigenvalue weighted by molar-refractivity contribution is -0.152. The third-order valence-corrected chi connectivity index (χ3v) is 5.41. The average Bonchev–Trinajstić information content (AvgIpc) is 3.08. The lowest BCUT2D eigenvalue weighted by Gasteiger charge is -2.31. The van der Waals surface area contributed by atoms with Gasteiger partial charge in [-0.15, -0.1) is 0 Å². The molecule has 2 aromatic carbocycles. The van der Waals surface area contributed by atoms with Crippen LogP contribution < -0.4 is 4.84 Å². The minimum Gasteiger partial charge on any atom is -0.336 e. The molecule has 0 amide bonds. The fourth-order valence-corrected chi connectivity index (χ4v) is 3.29. The van der Waals surface area contributed by atoms with E-state index in [-0.39, 0.29) is 11.9 Å². The van der Waals surface area contributed by atoms with E-state index in [0.29, 0.717) is 5.02 Å². The molecule has 140 valence electrons. The number of carbonyl (C=O) groups is 1. The maximum Gasteiger partial charge on any atom is 0.343 e. The SMILES string of the molecule is CC(C)C(C)(C(=O)On1ccc(Cc2ccccc2)c1)c1cccc(Cl)c1. The van der Waals surface area contributed by atoms with Gasteiger partial charge < -0.3 is 4.84 Å². The summed E-state index contributed by atoms with van der Waals surface area (Å²) in [5.74, 6) is -0.260. The summed E-state index contributed by atoms with van der Waals surface area (Å²) >= 11 is 6.14. The number of rotatable bonds is 6. The predicted octanol–water partition coefficient (Wildman–Crippen LogP) is 5.30. The molecule has 0 saturated carbocycles. The van der Waals surface area contributed by atoms with Crippen molar-refractivity contribution in [2.45, 2.75) is 32.6 Å². The quantitative estimate of drug-likeness (QED) is 0.580. The van der Waals surface area contributed by atoms with E-state index in [1.54, 1.807) is 12.3 Å². The van der Waals surface area contributed by atoms with E-state index in [1.807, 2.05) is 69.4 Å². The van der Waals surface area contributed by atoms with Crippen LogP contribution in [-0.4, -0.2) is 10.7 Å². The summed E-state index contributed by atoms with van der Waals surface area (Å²) < 4.78 is 1.49. The molecule has 3 rings (SSSR count). The summed E-state index contributed by atoms with van der Waals surface area (Å²) in [4.78, 5) is 18.8. The first-order chi connectivity index (χ1) is 12.9. The van der Waals surface area contributed by atoms with Crippen LogP contribution in [0.15, 0.2) is 73.1 Å². The number of halogens is 1. The van der Waals surface area contributed by atoms with Gasteiger partial charge in [-0.25, -0.2) is 4.79 Å². The Morgan fingerprint density at radius 1 is 1.07 bits per heavy atom. The maximum absolute atomic E-state index is 13.1. The van der Waals surface area contributed by atoms with E-state index < -0.39 is 5.41 Å². The van der Waals surface area contributed by atoms with Crippen molar-refractivity contribution in [3.05, 3.63) is 94.8 Å². The first kappa shape index (κ1) is 19.2. The number of carbonyl (C=O) groups excluding carboxylic acids is 1. The molecule has 3 nitrogen and oxygen atoms in total. The zero-order valence-electron chi connectivity index (χ0n) is 15.9. The molecule has 1 heterocycles. The number of aromatic nitrogens is 1. The van der Waals surface area contributed by atoms with Gasteiger partial charge in [0.25, 0.3) is 0 Å². The molecule has 1 unspecified atom stereocenters. The summed E-state index contributed by atoms with van der Waals surface area (Å²) in [5, 5.41) is 0.610. The molecule has 0 radical (unpaired) electrons. The van der Waals surface area contributed by atoms with Crippen molar-refractivity contribution in [2.24, 2.45) is 5.92 Å². The smallest absolute Gasteiger partial charge is 0.336 e. The van der Waals surface area contributed by atoms with Gasteiger partial charge in [-0.1, -0.05) is 67.9 Å². The van der Waals surface area contributed by atoms with Gasteiger partial charge in [-0.05, 0) is 54.2 Å². The van der Waals surface area contributed by atoms with Crippen molar-refractivity contribution in [3.63, 3.8) is 0 Å². The van der Waals surface area contributed by atoms with Gasteiger partial charge in [0.2, 0.25) is 0 Å². The second-order valence-electron chi connectivity index (χ2n) is 7.29. The molecule has 1 aromatic heterocycles. The third-order valence-electron chi connectivity index (χ3n) is 5.17. The van der Waals surface area contributed by atoms with Crippen LogP contribution in [0.1, 0.15) is 37.5 Å². The molecule has 0 spiro atoms. The van der Waals surface area contributed by atoms with E-state index in [4.69, 9.17) is 16.4 Å². The molecule has 0 bridgehead atoms. The van der Waals surface area contributed by atoms with Gasteiger partial charge >= 0.3 is 5.97 Å². The van der Waals surface area contributed by atoms with Crippen LogP contribution in [0.3, 0.4) is 0 Å². The highest BCUT2D eigenvalue weighted by Gasteiger charge is 2.41. The number of nitrogens with zero attached hydrogens (tertiary/aromatic N) is 1. The normalized spacial score (nSPS) is 13.4. The zero-order chi connectivity index (χ0) is 19.4. The summed E-state index contributed by atoms with van der Waals surface area (Å²) in [6.07, 6.45) is 4.42. The Labute approximate surface area is 165 Å². The van der Waals surface area contributed by atoms with Gasteiger partial charge in [0, 0.05) is 17.4 Å². The van der Waals surface area contributed by atoms with Crippen LogP contribution >= 0.6 is 11.6 Å². The Morgan fingerprint density at radius 2 is 1.81 bits per heavy atom. The lowest BCUT2D eigenvalue weighted by atomic mass is 9.73. The molecule has 0 N–H and O–H groups in total. The standard InChI is InChI=1S/C23H24ClNO2/c1-17(2)23(3,20-10-7-11-21(24)15-20)22(26)27-25-13-12-19(16-25)14-18-8-5-4-6-9-18/h4-13,15-17H,14H2,1-3H3. The van der Waals surface area contributed by atoms with E-state index >= 15 is 0 Å². The molecule has 4 heteroatoms. The topological polar surface area (TPSA) is 31.2 Å². The highest BCUT2D eigenvalue weighted by molar-refractivity contribution is 6.30. The van der Waals surface area contributed by atoms with Crippen molar-refractivity contribution in [2.75, 3.05) is 0 Å². The van der Waals surface area contributed by atoms with Crippen LogP contribution in [-0.2, 0) is 16.6 Å². The van der Waals surface area contributed by atoms with Gasteiger partial charge in [-0.2, -0.15) is 4.73 Å². The van der Waals surface area contributed by atoms with E-state index in [9.17, 15) is 4.79 Å². The Kier molecular flexibility index (Phi) is 5.71. The molecule has 0 aliphatic heterocycles. The first-order valence-electron chi connectivity index (χ1n) is 9.09. The molecule has 0 aliphatic rings. The number of benzene rings is 2. The largest absolute Gasteiger partial charge is 0.343 e. The minimum absolute atomic E-state index is 0.0443. The van der Waals surface area contributed by atoms with Gasteiger partial charge in [0.05, 0.1) is 5.41 Å². The summed E-state index contributed by atoms with van der Waals surface area (Å²) in [6, 6.07) is 19.6. The second-order valence-corrected chi connectivity index (χ2v) is 7.72. The van der Waals surface area contributed by atoms with E-state index in [1.165, 1.54) is 10.3 Å². The number of hydrogen-bond acceptors (Lipinski definition) is 2. The third kappa shape index (κ3) is 4.25. The van der Waals surface area contributed by atoms with Crippen LogP contribution in [0, 0.1) is 5.92 Å². The second kappa shape index (κ2) is 8.01. The molecule has 0 fully saturated rings. The van der Waals surface area contributed by atoms with Crippen molar-refractivity contribution >= 4 is 17.6 Å². The van der Waals surface area contributed by atoms with Gasteiger partial charge in [0.15, 0.2) is 0 Å². The molecule has 27 heavy (non-hydrogen) atoms. The van der Waals surface area contributed by atoms with Gasteiger partial charge in [0.1, 0.15) is 0 Å². The average molecular weight is 382 g/mol. The predicted molar refractivity (Wildman–Crippen MR) is 109 cm³/mol. The maximum atomic E-state index is 13.1. The first-order valence-corrected chi connectivity index (χ1v) is 9.47. The van der Waals surface area contributed by atoms with Crippen molar-refractivity contribution in [3.8, 4) is 0 Å². The Morgan fingerprint density at radius 3 is 2.48 bits per heavy atom. The monoisotopic (exact) mass is 381 g/mol. The molecule has 0 saturated heterocycles. The van der Waals surface area contributed by atoms with E-state index in [0.717, 1.165) is 17.5 Å². The van der Waals surface area contributed by atoms with E-state index in [2.05, 4.69) is 12.1 Å². The van der Waals surface area contributed by atoms with Crippen LogP contribution in [0.2, 0.25) is 5.02 Å². The molecule has 0 aliphatic carbocycles. The summed E-state index contributed by atoms with van der Waals surface area (Å²) in [7, 11) is 0. The van der Waals surface area contributed by atoms with Crippen molar-refractivity contribution in [1.82, 2.24) is 4.73 Å². The van der Waals surface area contributed by atoms with Gasteiger partial charge in [-0.3, -0.25) is 0 Å². The van der Waals surface area contributed by atoms with Crippen LogP contribution in [0.4, 0.5) is 0 Å². The Balaban J connectivity index is 1.79. The zero-order valence-corrected chi connectivity index (χ0v) is 16.6. The lowest BCUT2D eigenvalue weighted by Crippen LogP contribution is -2.43. The Bertz CT molecular complexity index is 917. The fourth-order valence-electron chi connectivity index (χ4n) is 3.10. The van der Waals surface area contributed by atoms with Crippen molar-refractivity contribution < 1.29 is 9.63 Å². The Hall–Kier alpha value is -2.52. The van der Waals surface area contributed by atoms with Crippen LogP contribution in [0.25, 0.3) is 0 Å². The number of hydrogen-bond donors (Lipinski definition) is 0. The molecule has 1 atom stereocenters. The highest BCUT2D eigenvalue weighted by Crippen LogP contribution is 2.34. The molecular weight excluding hydrogens is 358 g/mol. The molecular formula is C23H24ClNO2. The fraction of sp³-hybridized carbons (Fsp3) is 0.261.